The van der Waals surface area contributed by atoms with Crippen LogP contribution in [0.5, 0.6) is 0 Å². The van der Waals surface area contributed by atoms with Gasteiger partial charge in [-0.05, 0) is 107 Å². The Balaban J connectivity index is 1.49. The molecule has 0 saturated heterocycles. The van der Waals surface area contributed by atoms with E-state index in [1.165, 1.54) is 43.4 Å². The fourth-order valence-corrected chi connectivity index (χ4v) is 4.95. The van der Waals surface area contributed by atoms with Gasteiger partial charge in [-0.25, -0.2) is 13.2 Å². The van der Waals surface area contributed by atoms with Crippen molar-refractivity contribution in [2.45, 2.75) is 71.1 Å². The number of rotatable bonds is 4. The third-order valence-electron chi connectivity index (χ3n) is 6.55. The molecule has 0 radical (unpaired) electrons. The lowest BCUT2D eigenvalue weighted by atomic mass is 9.68. The van der Waals surface area contributed by atoms with Crippen molar-refractivity contribution in [3.63, 3.8) is 0 Å². The fraction of sp³-hybridized carbons (Fsp3) is 0.583. The Morgan fingerprint density at radius 1 is 0.815 bits per heavy atom. The minimum Gasteiger partial charge on any atom is -0.204 e. The molecule has 3 rings (SSSR count). The molecule has 0 nitrogen and oxygen atoms in total. The third-order valence-corrected chi connectivity index (χ3v) is 6.55. The molecule has 27 heavy (non-hydrogen) atoms. The molecule has 0 bridgehead atoms. The molecule has 1 aromatic rings. The second-order valence-electron chi connectivity index (χ2n) is 8.71. The van der Waals surface area contributed by atoms with E-state index in [4.69, 9.17) is 0 Å². The summed E-state index contributed by atoms with van der Waals surface area (Å²) in [4.78, 5) is 0. The minimum atomic E-state index is -1.36. The van der Waals surface area contributed by atoms with Gasteiger partial charge < -0.3 is 0 Å². The number of hydrogen-bond acceptors (Lipinski definition) is 0. The van der Waals surface area contributed by atoms with Crippen molar-refractivity contribution in [2.75, 3.05) is 0 Å². The van der Waals surface area contributed by atoms with Gasteiger partial charge in [0.25, 0.3) is 0 Å². The quantitative estimate of drug-likeness (QED) is 0.373. The summed E-state index contributed by atoms with van der Waals surface area (Å²) in [7, 11) is 0. The second kappa shape index (κ2) is 9.12. The molecule has 0 heterocycles. The predicted octanol–water partition coefficient (Wildman–Crippen LogP) is 7.71. The molecular formula is C24H31F3. The fourth-order valence-electron chi connectivity index (χ4n) is 4.95. The average molecular weight is 377 g/mol. The van der Waals surface area contributed by atoms with Crippen LogP contribution in [0, 0.1) is 35.2 Å². The summed E-state index contributed by atoms with van der Waals surface area (Å²) >= 11 is 0. The van der Waals surface area contributed by atoms with Gasteiger partial charge in [0, 0.05) is 0 Å². The van der Waals surface area contributed by atoms with Crippen molar-refractivity contribution in [1.29, 1.82) is 0 Å². The van der Waals surface area contributed by atoms with E-state index in [2.05, 4.69) is 32.1 Å². The van der Waals surface area contributed by atoms with Gasteiger partial charge in [0.1, 0.15) is 0 Å². The molecule has 0 aliphatic heterocycles. The van der Waals surface area contributed by atoms with Crippen LogP contribution < -0.4 is 0 Å². The van der Waals surface area contributed by atoms with E-state index in [1.54, 1.807) is 0 Å². The summed E-state index contributed by atoms with van der Waals surface area (Å²) < 4.78 is 40.2. The van der Waals surface area contributed by atoms with Crippen LogP contribution in [0.2, 0.25) is 0 Å². The SMILES string of the molecule is CC(C)=CC=CC1CCC(C2CCC(c3cc(F)c(F)c(F)c3)CC2)CC1. The van der Waals surface area contributed by atoms with Crippen LogP contribution in [0.3, 0.4) is 0 Å². The van der Waals surface area contributed by atoms with Crippen molar-refractivity contribution in [3.8, 4) is 0 Å². The number of halogens is 3. The summed E-state index contributed by atoms with van der Waals surface area (Å²) in [5, 5.41) is 0. The molecule has 0 atom stereocenters. The molecule has 148 valence electrons. The highest BCUT2D eigenvalue weighted by Crippen LogP contribution is 2.44. The first-order valence-electron chi connectivity index (χ1n) is 10.4. The Bertz CT molecular complexity index is 661. The lowest BCUT2D eigenvalue weighted by Crippen LogP contribution is -2.25. The Kier molecular flexibility index (Phi) is 6.83. The molecule has 2 aliphatic rings. The summed E-state index contributed by atoms with van der Waals surface area (Å²) in [6.07, 6.45) is 16.0. The molecule has 0 amide bonds. The van der Waals surface area contributed by atoms with E-state index in [1.807, 2.05) is 0 Å². The highest BCUT2D eigenvalue weighted by Gasteiger charge is 2.31. The van der Waals surface area contributed by atoms with Gasteiger partial charge in [0.2, 0.25) is 0 Å². The van der Waals surface area contributed by atoms with Gasteiger partial charge in [-0.15, -0.1) is 0 Å². The van der Waals surface area contributed by atoms with Crippen molar-refractivity contribution in [3.05, 3.63) is 58.9 Å². The molecule has 0 N–H and O–H groups in total. The normalized spacial score (nSPS) is 29.1. The average Bonchev–Trinajstić information content (AvgIpc) is 2.66. The second-order valence-corrected chi connectivity index (χ2v) is 8.71. The molecule has 0 aromatic heterocycles. The summed E-state index contributed by atoms with van der Waals surface area (Å²) in [5.74, 6) is -1.09. The van der Waals surface area contributed by atoms with Crippen LogP contribution >= 0.6 is 0 Å². The Morgan fingerprint density at radius 3 is 1.85 bits per heavy atom. The maximum atomic E-state index is 13.5. The zero-order valence-electron chi connectivity index (χ0n) is 16.5. The Hall–Kier alpha value is -1.51. The van der Waals surface area contributed by atoms with Gasteiger partial charge in [0.05, 0.1) is 0 Å². The summed E-state index contributed by atoms with van der Waals surface area (Å²) in [6, 6.07) is 2.38. The monoisotopic (exact) mass is 376 g/mol. The van der Waals surface area contributed by atoms with E-state index in [9.17, 15) is 13.2 Å². The van der Waals surface area contributed by atoms with E-state index in [0.717, 1.165) is 37.5 Å². The first kappa shape index (κ1) is 20.2. The van der Waals surface area contributed by atoms with Gasteiger partial charge in [-0.3, -0.25) is 0 Å². The number of allylic oxidation sites excluding steroid dienone is 4. The highest BCUT2D eigenvalue weighted by atomic mass is 19.2. The molecular weight excluding hydrogens is 345 g/mol. The van der Waals surface area contributed by atoms with Crippen molar-refractivity contribution in [2.24, 2.45) is 17.8 Å². The van der Waals surface area contributed by atoms with Crippen molar-refractivity contribution >= 4 is 0 Å². The number of benzene rings is 1. The maximum Gasteiger partial charge on any atom is 0.194 e. The molecule has 1 aromatic carbocycles. The lowest BCUT2D eigenvalue weighted by Gasteiger charge is -2.37. The summed E-state index contributed by atoms with van der Waals surface area (Å²) in [6.45, 7) is 4.23. The zero-order chi connectivity index (χ0) is 19.4. The van der Waals surface area contributed by atoms with Crippen LogP contribution in [0.15, 0.2) is 35.9 Å². The maximum absolute atomic E-state index is 13.5. The van der Waals surface area contributed by atoms with Crippen LogP contribution in [-0.2, 0) is 0 Å². The topological polar surface area (TPSA) is 0 Å². The summed E-state index contributed by atoms with van der Waals surface area (Å²) in [5.41, 5.74) is 1.95. The largest absolute Gasteiger partial charge is 0.204 e. The molecule has 0 spiro atoms. The van der Waals surface area contributed by atoms with E-state index in [-0.39, 0.29) is 5.92 Å². The first-order valence-corrected chi connectivity index (χ1v) is 10.4. The van der Waals surface area contributed by atoms with Crippen LogP contribution in [0.25, 0.3) is 0 Å². The highest BCUT2D eigenvalue weighted by molar-refractivity contribution is 5.23. The Labute approximate surface area is 161 Å². The molecule has 2 fully saturated rings. The first-order chi connectivity index (χ1) is 12.9. The van der Waals surface area contributed by atoms with E-state index in [0.29, 0.717) is 11.5 Å². The van der Waals surface area contributed by atoms with E-state index >= 15 is 0 Å². The van der Waals surface area contributed by atoms with Gasteiger partial charge >= 0.3 is 0 Å². The minimum absolute atomic E-state index is 0.161. The van der Waals surface area contributed by atoms with E-state index < -0.39 is 17.5 Å². The molecule has 3 heteroatoms. The third kappa shape index (κ3) is 5.27. The van der Waals surface area contributed by atoms with Crippen molar-refractivity contribution in [1.82, 2.24) is 0 Å². The number of hydrogen-bond donors (Lipinski definition) is 0. The van der Waals surface area contributed by atoms with Gasteiger partial charge in [-0.2, -0.15) is 0 Å². The molecule has 0 unspecified atom stereocenters. The van der Waals surface area contributed by atoms with Crippen molar-refractivity contribution < 1.29 is 13.2 Å². The molecule has 2 aliphatic carbocycles. The van der Waals surface area contributed by atoms with Gasteiger partial charge in [-0.1, -0.05) is 23.8 Å². The standard InChI is InChI=1S/C24H31F3/c1-16(2)4-3-5-17-6-8-18(9-7-17)19-10-12-20(13-11-19)21-14-22(25)24(27)23(26)15-21/h3-5,14-15,17-20H,6-13H2,1-2H3. The van der Waals surface area contributed by atoms with Gasteiger partial charge in [0.15, 0.2) is 17.5 Å². The smallest absolute Gasteiger partial charge is 0.194 e. The van der Waals surface area contributed by atoms with Crippen LogP contribution in [-0.4, -0.2) is 0 Å². The zero-order valence-corrected chi connectivity index (χ0v) is 16.5. The van der Waals surface area contributed by atoms with Crippen LogP contribution in [0.4, 0.5) is 13.2 Å². The molecule has 2 saturated carbocycles. The van der Waals surface area contributed by atoms with Crippen LogP contribution in [0.1, 0.15) is 76.7 Å². The lowest BCUT2D eigenvalue weighted by molar-refractivity contribution is 0.171. The Morgan fingerprint density at radius 2 is 1.33 bits per heavy atom. The predicted molar refractivity (Wildman–Crippen MR) is 105 cm³/mol.